The van der Waals surface area contributed by atoms with E-state index in [0.29, 0.717) is 88.5 Å². The van der Waals surface area contributed by atoms with Crippen molar-refractivity contribution in [1.29, 1.82) is 0 Å². The van der Waals surface area contributed by atoms with Crippen LogP contribution in [0.5, 0.6) is 23.0 Å². The van der Waals surface area contributed by atoms with E-state index in [2.05, 4.69) is 60.1 Å². The molecule has 4 aromatic carbocycles. The van der Waals surface area contributed by atoms with Crippen molar-refractivity contribution in [3.8, 4) is 23.0 Å². The lowest BCUT2D eigenvalue weighted by Gasteiger charge is -2.44. The van der Waals surface area contributed by atoms with Gasteiger partial charge in [0, 0.05) is 68.9 Å². The van der Waals surface area contributed by atoms with E-state index in [1.54, 1.807) is 20.3 Å². The van der Waals surface area contributed by atoms with Crippen LogP contribution in [0.1, 0.15) is 102 Å². The highest BCUT2D eigenvalue weighted by Gasteiger charge is 2.41. The third-order valence-corrected chi connectivity index (χ3v) is 13.1. The Morgan fingerprint density at radius 2 is 1.15 bits per heavy atom. The van der Waals surface area contributed by atoms with E-state index >= 15 is 0 Å². The van der Waals surface area contributed by atoms with Crippen LogP contribution in [0.3, 0.4) is 0 Å². The molecule has 0 saturated carbocycles. The monoisotopic (exact) mass is 956 g/mol. The molecule has 0 bridgehead atoms. The Morgan fingerprint density at radius 1 is 0.647 bits per heavy atom. The van der Waals surface area contributed by atoms with Crippen LogP contribution in [-0.2, 0) is 27.3 Å². The normalized spacial score (nSPS) is 21.7. The zero-order valence-corrected chi connectivity index (χ0v) is 41.3. The number of hydrogen-bond acceptors (Lipinski definition) is 11. The molecule has 368 valence electrons. The summed E-state index contributed by atoms with van der Waals surface area (Å²) in [6.07, 6.45) is 1.51. The summed E-state index contributed by atoms with van der Waals surface area (Å²) in [5, 5.41) is 9.28. The fourth-order valence-electron chi connectivity index (χ4n) is 9.47. The molecule has 2 saturated heterocycles. The van der Waals surface area contributed by atoms with Gasteiger partial charge in [0.25, 0.3) is 11.8 Å². The second kappa shape index (κ2) is 24.1. The SMILES string of the molecule is COCCOc1cccc([C@@H]2CCN(C(=O)OC(C)(C)C)[C@H](C)[C@H]2COc2ccc3c(c2)C(=O)NC3)c1.COCCOc1cccc([C@@H]2CCN[C@H](C)[C@H]2COc2ccc3c(c2)C(=O)NC3)c1.Cl. The first-order valence-electron chi connectivity index (χ1n) is 23.6. The first kappa shape index (κ1) is 51.8. The summed E-state index contributed by atoms with van der Waals surface area (Å²) < 4.78 is 40.0. The number of benzene rings is 4. The number of hydrogen-bond donors (Lipinski definition) is 3. The quantitative estimate of drug-likeness (QED) is 0.0930. The Morgan fingerprint density at radius 3 is 1.66 bits per heavy atom. The van der Waals surface area contributed by atoms with Crippen molar-refractivity contribution in [3.05, 3.63) is 118 Å². The lowest BCUT2D eigenvalue weighted by atomic mass is 9.76. The summed E-state index contributed by atoms with van der Waals surface area (Å²) in [5.74, 6) is 3.81. The molecule has 0 spiro atoms. The van der Waals surface area contributed by atoms with E-state index in [0.717, 1.165) is 58.9 Å². The number of ether oxygens (including phenoxy) is 7. The third-order valence-electron chi connectivity index (χ3n) is 13.1. The largest absolute Gasteiger partial charge is 0.493 e. The molecule has 15 heteroatoms. The molecule has 8 rings (SSSR count). The lowest BCUT2D eigenvalue weighted by molar-refractivity contribution is -0.00609. The zero-order chi connectivity index (χ0) is 47.5. The maximum Gasteiger partial charge on any atom is 0.410 e. The Hall–Kier alpha value is -5.54. The average Bonchev–Trinajstić information content (AvgIpc) is 3.88. The fourth-order valence-corrected chi connectivity index (χ4v) is 9.47. The summed E-state index contributed by atoms with van der Waals surface area (Å²) in [5.41, 5.74) is 5.24. The highest BCUT2D eigenvalue weighted by atomic mass is 35.5. The number of halogens is 1. The third kappa shape index (κ3) is 13.4. The zero-order valence-electron chi connectivity index (χ0n) is 40.5. The van der Waals surface area contributed by atoms with Gasteiger partial charge in [-0.15, -0.1) is 12.4 Å². The van der Waals surface area contributed by atoms with Gasteiger partial charge in [0.1, 0.15) is 41.8 Å². The van der Waals surface area contributed by atoms with Crippen LogP contribution in [0.4, 0.5) is 4.79 Å². The number of nitrogens with zero attached hydrogens (tertiary/aromatic N) is 1. The van der Waals surface area contributed by atoms with Gasteiger partial charge in [-0.1, -0.05) is 36.4 Å². The van der Waals surface area contributed by atoms with Crippen molar-refractivity contribution in [2.75, 3.05) is 67.0 Å². The van der Waals surface area contributed by atoms with Gasteiger partial charge >= 0.3 is 6.09 Å². The van der Waals surface area contributed by atoms with Gasteiger partial charge in [0.15, 0.2) is 0 Å². The van der Waals surface area contributed by atoms with Crippen LogP contribution < -0.4 is 34.9 Å². The Balaban J connectivity index is 0.000000225. The number of carbonyl (C=O) groups is 3. The van der Waals surface area contributed by atoms with Gasteiger partial charge in [-0.2, -0.15) is 0 Å². The van der Waals surface area contributed by atoms with E-state index in [1.165, 1.54) is 5.56 Å². The van der Waals surface area contributed by atoms with Gasteiger partial charge < -0.3 is 54.0 Å². The van der Waals surface area contributed by atoms with Crippen molar-refractivity contribution in [3.63, 3.8) is 0 Å². The molecular weight excluding hydrogens is 888 g/mol. The smallest absolute Gasteiger partial charge is 0.410 e. The topological polar surface area (TPSA) is 155 Å². The molecular formula is C53H69ClN4O10. The molecule has 3 N–H and O–H groups in total. The van der Waals surface area contributed by atoms with E-state index in [-0.39, 0.29) is 48.2 Å². The van der Waals surface area contributed by atoms with Gasteiger partial charge in [-0.3, -0.25) is 9.59 Å². The first-order valence-corrected chi connectivity index (χ1v) is 23.6. The van der Waals surface area contributed by atoms with Crippen molar-refractivity contribution in [2.45, 2.75) is 90.1 Å². The molecule has 14 nitrogen and oxygen atoms in total. The molecule has 0 aromatic heterocycles. The molecule has 0 aliphatic carbocycles. The molecule has 68 heavy (non-hydrogen) atoms. The van der Waals surface area contributed by atoms with Gasteiger partial charge in [0.2, 0.25) is 0 Å². The molecule has 6 atom stereocenters. The van der Waals surface area contributed by atoms with E-state index in [1.807, 2.05) is 74.2 Å². The maximum absolute atomic E-state index is 13.0. The summed E-state index contributed by atoms with van der Waals surface area (Å²) >= 11 is 0. The molecule has 4 aliphatic heterocycles. The second-order valence-electron chi connectivity index (χ2n) is 18.7. The predicted molar refractivity (Wildman–Crippen MR) is 263 cm³/mol. The Kier molecular flexibility index (Phi) is 18.4. The van der Waals surface area contributed by atoms with E-state index < -0.39 is 5.60 Å². The van der Waals surface area contributed by atoms with Crippen molar-refractivity contribution >= 4 is 30.3 Å². The van der Waals surface area contributed by atoms with Crippen LogP contribution in [0.2, 0.25) is 0 Å². The van der Waals surface area contributed by atoms with Crippen molar-refractivity contribution in [1.82, 2.24) is 20.9 Å². The maximum atomic E-state index is 13.0. The summed E-state index contributed by atoms with van der Waals surface area (Å²) in [6, 6.07) is 28.1. The molecule has 4 heterocycles. The van der Waals surface area contributed by atoms with Crippen molar-refractivity contribution < 1.29 is 47.5 Å². The lowest BCUT2D eigenvalue weighted by Crippen LogP contribution is -2.52. The number of amides is 3. The fraction of sp³-hybridized carbons (Fsp3) is 0.491. The number of nitrogens with one attached hydrogen (secondary N) is 3. The summed E-state index contributed by atoms with van der Waals surface area (Å²) in [4.78, 5) is 38.9. The highest BCUT2D eigenvalue weighted by molar-refractivity contribution is 5.99. The molecule has 4 aliphatic rings. The van der Waals surface area contributed by atoms with Crippen LogP contribution in [0, 0.1) is 11.8 Å². The standard InChI is InChI=1S/C29H38N2O6.C24H30N2O4.ClH/c1-19-26(18-36-23-10-9-21-17-30-27(32)25(21)16-23)24(11-12-31(19)28(33)37-29(2,3)4)20-7-6-8-22(15-20)35-14-13-34-5;1-16-23(15-30-20-7-6-18-14-26-24(27)22(18)13-20)21(8-9-25-16)17-4-3-5-19(12-17)29-11-10-28-2;/h6-10,15-16,19,24,26H,11-14,17-18H2,1-5H3,(H,30,32);3-7,12-13,16,21,23,25H,8-11,14-15H2,1-2H3,(H,26,27);1H/t19-,24+,26-;16-,21+,23-;/m11./s1. The number of piperidine rings is 2. The van der Waals surface area contributed by atoms with Gasteiger partial charge in [0.05, 0.1) is 26.4 Å². The molecule has 4 aromatic rings. The number of rotatable bonds is 16. The van der Waals surface area contributed by atoms with Crippen LogP contribution >= 0.6 is 12.4 Å². The van der Waals surface area contributed by atoms with E-state index in [4.69, 9.17) is 33.2 Å². The number of carbonyl (C=O) groups excluding carboxylic acids is 3. The summed E-state index contributed by atoms with van der Waals surface area (Å²) in [7, 11) is 3.33. The highest BCUT2D eigenvalue weighted by Crippen LogP contribution is 2.40. The average molecular weight is 958 g/mol. The van der Waals surface area contributed by atoms with Gasteiger partial charge in [-0.05, 0) is 137 Å². The van der Waals surface area contributed by atoms with E-state index in [9.17, 15) is 14.4 Å². The minimum Gasteiger partial charge on any atom is -0.493 e. The van der Waals surface area contributed by atoms with Gasteiger partial charge in [-0.25, -0.2) is 4.79 Å². The first-order chi connectivity index (χ1) is 32.3. The number of fused-ring (bicyclic) bond motifs is 2. The predicted octanol–water partition coefficient (Wildman–Crippen LogP) is 8.30. The van der Waals surface area contributed by atoms with Crippen LogP contribution in [0.15, 0.2) is 84.9 Å². The Labute approximate surface area is 407 Å². The molecule has 2 fully saturated rings. The minimum absolute atomic E-state index is 0. The minimum atomic E-state index is -0.571. The van der Waals surface area contributed by atoms with Crippen LogP contribution in [0.25, 0.3) is 0 Å². The second-order valence-corrected chi connectivity index (χ2v) is 18.7. The Bertz CT molecular complexity index is 2320. The number of methoxy groups -OCH3 is 2. The van der Waals surface area contributed by atoms with Crippen molar-refractivity contribution in [2.24, 2.45) is 11.8 Å². The van der Waals surface area contributed by atoms with Crippen LogP contribution in [-0.4, -0.2) is 107 Å². The molecule has 0 unspecified atom stereocenters. The molecule has 3 amide bonds. The summed E-state index contributed by atoms with van der Waals surface area (Å²) in [6.45, 7) is 15.7. The molecule has 0 radical (unpaired) electrons. The number of likely N-dealkylation sites (tertiary alicyclic amines) is 1.